The summed E-state index contributed by atoms with van der Waals surface area (Å²) >= 11 is 3.53. The fourth-order valence-electron chi connectivity index (χ4n) is 1.24. The molecule has 1 heterocycles. The zero-order chi connectivity index (χ0) is 9.56. The Bertz CT molecular complexity index is 141. The molecule has 0 aromatic carbocycles. The van der Waals surface area contributed by atoms with Gasteiger partial charge in [0, 0.05) is 20.0 Å². The van der Waals surface area contributed by atoms with Crippen LogP contribution in [0.5, 0.6) is 0 Å². The van der Waals surface area contributed by atoms with Gasteiger partial charge in [0.2, 0.25) is 5.91 Å². The molecule has 1 aliphatic rings. The van der Waals surface area contributed by atoms with Gasteiger partial charge < -0.3 is 10.0 Å². The van der Waals surface area contributed by atoms with Crippen molar-refractivity contribution in [2.24, 2.45) is 0 Å². The summed E-state index contributed by atoms with van der Waals surface area (Å²) in [4.78, 5) is 12.4. The molecule has 0 aromatic heterocycles. The van der Waals surface area contributed by atoms with Gasteiger partial charge in [-0.05, 0) is 19.1 Å². The highest BCUT2D eigenvalue weighted by atomic mass is 32.1. The molecule has 72 valence electrons. The van der Waals surface area contributed by atoms with Crippen LogP contribution in [0.4, 0.5) is 0 Å². The van der Waals surface area contributed by atoms with E-state index in [2.05, 4.69) is 12.6 Å². The third kappa shape index (κ3) is 3.97. The lowest BCUT2D eigenvalue weighted by Gasteiger charge is -2.28. The predicted molar refractivity (Wildman–Crippen MR) is 52.4 cm³/mol. The van der Waals surface area contributed by atoms with Crippen LogP contribution in [-0.2, 0) is 4.79 Å². The normalized spacial score (nSPS) is 22.7. The van der Waals surface area contributed by atoms with Crippen molar-refractivity contribution in [2.75, 3.05) is 19.3 Å². The van der Waals surface area contributed by atoms with Crippen molar-refractivity contribution in [3.8, 4) is 0 Å². The highest BCUT2D eigenvalue weighted by Gasteiger charge is 2.18. The van der Waals surface area contributed by atoms with Crippen molar-refractivity contribution in [1.82, 2.24) is 4.90 Å². The number of nitrogens with zero attached hydrogens (tertiary/aromatic N) is 1. The number of amides is 1. The van der Waals surface area contributed by atoms with Crippen LogP contribution in [0.15, 0.2) is 0 Å². The average molecular weight is 191 g/mol. The first kappa shape index (κ1) is 11.8. The number of piperidine rings is 1. The summed E-state index contributed by atoms with van der Waals surface area (Å²) in [6.07, 6.45) is 3.17. The molecule has 1 atom stereocenters. The third-order valence-electron chi connectivity index (χ3n) is 1.84. The first-order valence-corrected chi connectivity index (χ1v) is 4.98. The minimum absolute atomic E-state index is 0.0683. The van der Waals surface area contributed by atoms with Gasteiger partial charge in [-0.25, -0.2) is 0 Å². The number of β-amino-alcohol motifs (C(OH)–C–C–N with tert-alkyl or cyclic N) is 1. The van der Waals surface area contributed by atoms with Crippen molar-refractivity contribution in [3.05, 3.63) is 0 Å². The Kier molecular flexibility index (Phi) is 6.20. The lowest BCUT2D eigenvalue weighted by Crippen LogP contribution is -2.40. The van der Waals surface area contributed by atoms with E-state index < -0.39 is 0 Å². The molecule has 0 spiro atoms. The molecule has 1 fully saturated rings. The quantitative estimate of drug-likeness (QED) is 0.549. The lowest BCUT2D eigenvalue weighted by atomic mass is 10.1. The summed E-state index contributed by atoms with van der Waals surface area (Å²) in [6, 6.07) is 0. The van der Waals surface area contributed by atoms with Gasteiger partial charge in [0.05, 0.1) is 6.10 Å². The highest BCUT2D eigenvalue weighted by molar-refractivity contribution is 7.79. The van der Waals surface area contributed by atoms with Crippen molar-refractivity contribution in [1.29, 1.82) is 0 Å². The first-order valence-electron chi connectivity index (χ1n) is 4.08. The molecule has 0 radical (unpaired) electrons. The van der Waals surface area contributed by atoms with Gasteiger partial charge in [0.25, 0.3) is 0 Å². The molecule has 1 unspecified atom stereocenters. The molecule has 0 saturated carbocycles. The van der Waals surface area contributed by atoms with Crippen LogP contribution in [0.25, 0.3) is 0 Å². The van der Waals surface area contributed by atoms with E-state index in [4.69, 9.17) is 5.11 Å². The average Bonchev–Trinajstić information content (AvgIpc) is 2.08. The maximum absolute atomic E-state index is 10.8. The maximum atomic E-state index is 10.8. The highest BCUT2D eigenvalue weighted by Crippen LogP contribution is 2.08. The second kappa shape index (κ2) is 6.31. The number of carbonyl (C=O) groups is 1. The fraction of sp³-hybridized carbons (Fsp3) is 0.875. The van der Waals surface area contributed by atoms with Crippen LogP contribution >= 0.6 is 12.6 Å². The molecule has 1 saturated heterocycles. The second-order valence-electron chi connectivity index (χ2n) is 2.76. The molecule has 12 heavy (non-hydrogen) atoms. The van der Waals surface area contributed by atoms with Crippen molar-refractivity contribution in [2.45, 2.75) is 25.9 Å². The SMILES string of the molecule is CC(=O)N1CCCC(O)C1.CS. The molecule has 1 N–H and O–H groups in total. The van der Waals surface area contributed by atoms with Gasteiger partial charge >= 0.3 is 0 Å². The molecule has 1 amide bonds. The van der Waals surface area contributed by atoms with E-state index in [1.165, 1.54) is 6.92 Å². The Hall–Kier alpha value is -0.220. The number of rotatable bonds is 0. The number of carbonyl (C=O) groups excluding carboxylic acids is 1. The summed E-state index contributed by atoms with van der Waals surface area (Å²) < 4.78 is 0. The number of hydrogen-bond acceptors (Lipinski definition) is 3. The zero-order valence-corrected chi connectivity index (χ0v) is 8.55. The van der Waals surface area contributed by atoms with E-state index in [1.54, 1.807) is 11.2 Å². The van der Waals surface area contributed by atoms with Gasteiger partial charge in [-0.2, -0.15) is 12.6 Å². The molecule has 0 aromatic rings. The summed E-state index contributed by atoms with van der Waals surface area (Å²) in [7, 11) is 0. The molecule has 1 rings (SSSR count). The summed E-state index contributed by atoms with van der Waals surface area (Å²) in [5.74, 6) is 0.0683. The summed E-state index contributed by atoms with van der Waals surface area (Å²) in [6.45, 7) is 2.87. The monoisotopic (exact) mass is 191 g/mol. The Morgan fingerprint density at radius 3 is 2.50 bits per heavy atom. The Balaban J connectivity index is 0.000000561. The first-order chi connectivity index (χ1) is 5.70. The lowest BCUT2D eigenvalue weighted by molar-refractivity contribution is -0.131. The minimum atomic E-state index is -0.294. The topological polar surface area (TPSA) is 40.5 Å². The standard InChI is InChI=1S/C7H13NO2.CH4S/c1-6(9)8-4-2-3-7(10)5-8;1-2/h7,10H,2-5H2,1H3;2H,1H3. The van der Waals surface area contributed by atoms with Crippen LogP contribution in [0.2, 0.25) is 0 Å². The molecular weight excluding hydrogens is 174 g/mol. The number of thiol groups is 1. The molecule has 4 heteroatoms. The van der Waals surface area contributed by atoms with Gasteiger partial charge in [-0.3, -0.25) is 4.79 Å². The van der Waals surface area contributed by atoms with E-state index in [9.17, 15) is 4.79 Å². The molecule has 0 bridgehead atoms. The van der Waals surface area contributed by atoms with E-state index in [0.29, 0.717) is 6.54 Å². The predicted octanol–water partition coefficient (Wildman–Crippen LogP) is 0.536. The van der Waals surface area contributed by atoms with E-state index in [-0.39, 0.29) is 12.0 Å². The van der Waals surface area contributed by atoms with Crippen LogP contribution in [0.3, 0.4) is 0 Å². The fourth-order valence-corrected chi connectivity index (χ4v) is 1.24. The van der Waals surface area contributed by atoms with Crippen LogP contribution in [0.1, 0.15) is 19.8 Å². The number of aliphatic hydroxyl groups excluding tert-OH is 1. The Morgan fingerprint density at radius 1 is 1.58 bits per heavy atom. The number of aliphatic hydroxyl groups is 1. The number of hydrogen-bond donors (Lipinski definition) is 2. The summed E-state index contributed by atoms with van der Waals surface area (Å²) in [5, 5.41) is 9.13. The summed E-state index contributed by atoms with van der Waals surface area (Å²) in [5.41, 5.74) is 0. The van der Waals surface area contributed by atoms with Gasteiger partial charge in [-0.15, -0.1) is 0 Å². The zero-order valence-electron chi connectivity index (χ0n) is 7.66. The largest absolute Gasteiger partial charge is 0.391 e. The maximum Gasteiger partial charge on any atom is 0.219 e. The Morgan fingerprint density at radius 2 is 2.17 bits per heavy atom. The third-order valence-corrected chi connectivity index (χ3v) is 1.84. The molecule has 1 aliphatic heterocycles. The van der Waals surface area contributed by atoms with E-state index in [0.717, 1.165) is 19.4 Å². The number of likely N-dealkylation sites (tertiary alicyclic amines) is 1. The Labute approximate surface area is 79.2 Å². The van der Waals surface area contributed by atoms with Gasteiger partial charge in [-0.1, -0.05) is 0 Å². The minimum Gasteiger partial charge on any atom is -0.391 e. The van der Waals surface area contributed by atoms with Gasteiger partial charge in [0.15, 0.2) is 0 Å². The van der Waals surface area contributed by atoms with E-state index >= 15 is 0 Å². The van der Waals surface area contributed by atoms with Crippen LogP contribution in [0, 0.1) is 0 Å². The van der Waals surface area contributed by atoms with Gasteiger partial charge in [0.1, 0.15) is 0 Å². The smallest absolute Gasteiger partial charge is 0.219 e. The van der Waals surface area contributed by atoms with E-state index in [1.807, 2.05) is 0 Å². The van der Waals surface area contributed by atoms with Crippen LogP contribution < -0.4 is 0 Å². The molecule has 0 aliphatic carbocycles. The second-order valence-corrected chi connectivity index (χ2v) is 2.76. The molecule has 3 nitrogen and oxygen atoms in total. The van der Waals surface area contributed by atoms with Crippen molar-refractivity contribution >= 4 is 18.5 Å². The van der Waals surface area contributed by atoms with Crippen LogP contribution in [-0.4, -0.2) is 41.4 Å². The van der Waals surface area contributed by atoms with Crippen molar-refractivity contribution in [3.63, 3.8) is 0 Å². The van der Waals surface area contributed by atoms with Crippen molar-refractivity contribution < 1.29 is 9.90 Å². The molecular formula is C8H17NO2S.